The molecule has 4 rings (SSSR count). The summed E-state index contributed by atoms with van der Waals surface area (Å²) >= 11 is 0. The van der Waals surface area contributed by atoms with Crippen molar-refractivity contribution in [2.75, 3.05) is 5.32 Å². The maximum absolute atomic E-state index is 12.6. The molecule has 0 spiro atoms. The molecule has 0 saturated carbocycles. The molecule has 134 valence electrons. The fraction of sp³-hybridized carbons (Fsp3) is 0.105. The zero-order chi connectivity index (χ0) is 18.8. The summed E-state index contributed by atoms with van der Waals surface area (Å²) in [5.74, 6) is -0.320. The van der Waals surface area contributed by atoms with Crippen LogP contribution in [0.3, 0.4) is 0 Å². The smallest absolute Gasteiger partial charge is 0.284 e. The van der Waals surface area contributed by atoms with Crippen LogP contribution >= 0.6 is 0 Å². The van der Waals surface area contributed by atoms with E-state index in [2.05, 4.69) is 20.6 Å². The predicted octanol–water partition coefficient (Wildman–Crippen LogP) is 1.92. The minimum Gasteiger partial charge on any atom is -0.325 e. The van der Waals surface area contributed by atoms with Gasteiger partial charge in [-0.05, 0) is 36.8 Å². The normalized spacial score (nSPS) is 10.9. The Bertz CT molecular complexity index is 1180. The molecule has 0 unspecified atom stereocenters. The Balaban J connectivity index is 1.61. The van der Waals surface area contributed by atoms with E-state index in [0.717, 1.165) is 11.3 Å². The Kier molecular flexibility index (Phi) is 4.21. The molecule has 0 fully saturated rings. The molecule has 1 amide bonds. The summed E-state index contributed by atoms with van der Waals surface area (Å²) in [5.41, 5.74) is 2.51. The number of carbonyl (C=O) groups is 1. The lowest BCUT2D eigenvalue weighted by molar-refractivity contribution is -0.116. The third-order valence-electron chi connectivity index (χ3n) is 4.05. The molecule has 0 bridgehead atoms. The van der Waals surface area contributed by atoms with Crippen LogP contribution in [-0.2, 0) is 11.3 Å². The number of anilines is 1. The van der Waals surface area contributed by atoms with Crippen LogP contribution in [0.25, 0.3) is 16.9 Å². The molecule has 2 aromatic heterocycles. The maximum Gasteiger partial charge on any atom is 0.284 e. The van der Waals surface area contributed by atoms with Gasteiger partial charge in [-0.3, -0.25) is 14.2 Å². The molecule has 0 atom stereocenters. The summed E-state index contributed by atoms with van der Waals surface area (Å²) in [5, 5.41) is 10.7. The Morgan fingerprint density at radius 2 is 1.93 bits per heavy atom. The van der Waals surface area contributed by atoms with Crippen LogP contribution in [0.2, 0.25) is 0 Å². The second-order valence-corrected chi connectivity index (χ2v) is 6.10. The van der Waals surface area contributed by atoms with E-state index in [1.807, 2.05) is 55.5 Å². The monoisotopic (exact) mass is 360 g/mol. The summed E-state index contributed by atoms with van der Waals surface area (Å²) in [6, 6.07) is 16.7. The number of hydrogen-bond donors (Lipinski definition) is 1. The van der Waals surface area contributed by atoms with E-state index in [1.54, 1.807) is 6.07 Å². The summed E-state index contributed by atoms with van der Waals surface area (Å²) in [7, 11) is 0. The van der Waals surface area contributed by atoms with Crippen LogP contribution < -0.4 is 10.9 Å². The topological polar surface area (TPSA) is 94.7 Å². The molecule has 0 aliphatic heterocycles. The van der Waals surface area contributed by atoms with Crippen LogP contribution in [0, 0.1) is 6.92 Å². The first kappa shape index (κ1) is 16.6. The first-order chi connectivity index (χ1) is 13.1. The number of carbonyl (C=O) groups excluding carboxylic acids is 1. The molecule has 0 saturated heterocycles. The minimum atomic E-state index is -0.415. The van der Waals surface area contributed by atoms with E-state index >= 15 is 0 Å². The molecule has 1 N–H and O–H groups in total. The van der Waals surface area contributed by atoms with Crippen molar-refractivity contribution in [2.24, 2.45) is 0 Å². The van der Waals surface area contributed by atoms with Crippen molar-refractivity contribution in [1.29, 1.82) is 0 Å². The van der Waals surface area contributed by atoms with Gasteiger partial charge in [0, 0.05) is 5.69 Å². The first-order valence-electron chi connectivity index (χ1n) is 8.34. The number of fused-ring (bicyclic) bond motifs is 1. The van der Waals surface area contributed by atoms with Gasteiger partial charge < -0.3 is 5.32 Å². The van der Waals surface area contributed by atoms with Crippen molar-refractivity contribution in [2.45, 2.75) is 13.5 Å². The number of aryl methyl sites for hydroxylation is 1. The van der Waals surface area contributed by atoms with Crippen molar-refractivity contribution in [3.8, 4) is 5.69 Å². The Labute approximate surface area is 154 Å². The third-order valence-corrected chi connectivity index (χ3v) is 4.05. The highest BCUT2D eigenvalue weighted by Gasteiger charge is 2.14. The zero-order valence-electron chi connectivity index (χ0n) is 14.5. The molecule has 0 aliphatic rings. The van der Waals surface area contributed by atoms with E-state index in [4.69, 9.17) is 0 Å². The van der Waals surface area contributed by atoms with E-state index in [1.165, 1.54) is 15.6 Å². The fourth-order valence-corrected chi connectivity index (χ4v) is 2.78. The number of benzene rings is 2. The molecule has 8 nitrogen and oxygen atoms in total. The van der Waals surface area contributed by atoms with Gasteiger partial charge in [-0.1, -0.05) is 35.5 Å². The first-order valence-corrected chi connectivity index (χ1v) is 8.34. The van der Waals surface area contributed by atoms with Crippen molar-refractivity contribution < 1.29 is 4.79 Å². The van der Waals surface area contributed by atoms with Gasteiger partial charge in [0.25, 0.3) is 5.56 Å². The number of nitrogens with zero attached hydrogens (tertiary/aromatic N) is 5. The van der Waals surface area contributed by atoms with E-state index < -0.39 is 5.56 Å². The Morgan fingerprint density at radius 1 is 1.11 bits per heavy atom. The zero-order valence-corrected chi connectivity index (χ0v) is 14.5. The van der Waals surface area contributed by atoms with Gasteiger partial charge in [0.05, 0.1) is 5.69 Å². The number of amides is 1. The second kappa shape index (κ2) is 6.83. The van der Waals surface area contributed by atoms with Gasteiger partial charge >= 0.3 is 0 Å². The number of para-hydroxylation sites is 1. The lowest BCUT2D eigenvalue weighted by atomic mass is 10.2. The van der Waals surface area contributed by atoms with Crippen LogP contribution in [0.1, 0.15) is 5.56 Å². The van der Waals surface area contributed by atoms with Crippen LogP contribution in [0.4, 0.5) is 5.69 Å². The lowest BCUT2D eigenvalue weighted by Gasteiger charge is -2.07. The average molecular weight is 360 g/mol. The van der Waals surface area contributed by atoms with Crippen molar-refractivity contribution >= 4 is 22.8 Å². The van der Waals surface area contributed by atoms with Crippen molar-refractivity contribution in [3.05, 3.63) is 76.8 Å². The van der Waals surface area contributed by atoms with E-state index in [-0.39, 0.29) is 18.0 Å². The summed E-state index contributed by atoms with van der Waals surface area (Å²) in [6.45, 7) is 1.78. The van der Waals surface area contributed by atoms with Gasteiger partial charge in [0.2, 0.25) is 5.91 Å². The number of nitrogens with one attached hydrogen (secondary N) is 1. The highest BCUT2D eigenvalue weighted by atomic mass is 16.2. The quantitative estimate of drug-likeness (QED) is 0.600. The summed E-state index contributed by atoms with van der Waals surface area (Å²) < 4.78 is 2.71. The highest BCUT2D eigenvalue weighted by molar-refractivity contribution is 5.90. The molecular formula is C19H16N6O2. The fourth-order valence-electron chi connectivity index (χ4n) is 2.78. The van der Waals surface area contributed by atoms with Gasteiger partial charge in [-0.25, -0.2) is 4.98 Å². The predicted molar refractivity (Wildman–Crippen MR) is 101 cm³/mol. The molecule has 0 radical (unpaired) electrons. The second-order valence-electron chi connectivity index (χ2n) is 6.10. The van der Waals surface area contributed by atoms with Gasteiger partial charge in [-0.2, -0.15) is 4.68 Å². The molecule has 0 aliphatic carbocycles. The largest absolute Gasteiger partial charge is 0.325 e. The van der Waals surface area contributed by atoms with E-state index in [9.17, 15) is 9.59 Å². The molecular weight excluding hydrogens is 344 g/mol. The lowest BCUT2D eigenvalue weighted by Crippen LogP contribution is -2.28. The number of hydrogen-bond acceptors (Lipinski definition) is 5. The van der Waals surface area contributed by atoms with Crippen LogP contribution in [0.15, 0.2) is 65.7 Å². The molecule has 8 heteroatoms. The standard InChI is InChI=1S/C19H16N6O2/c1-13-6-5-7-14(10-13)21-16(26)11-24-12-20-18-17(19(24)27)22-23-25(18)15-8-3-2-4-9-15/h2-10,12H,11H2,1H3,(H,21,26). The molecule has 2 aromatic carbocycles. The molecule has 27 heavy (non-hydrogen) atoms. The highest BCUT2D eigenvalue weighted by Crippen LogP contribution is 2.12. The molecule has 2 heterocycles. The van der Waals surface area contributed by atoms with Crippen LogP contribution in [0.5, 0.6) is 0 Å². The SMILES string of the molecule is Cc1cccc(NC(=O)Cn2cnc3c(nnn3-c3ccccc3)c2=O)c1. The summed E-state index contributed by atoms with van der Waals surface area (Å²) in [4.78, 5) is 29.2. The Hall–Kier alpha value is -3.81. The van der Waals surface area contributed by atoms with Crippen molar-refractivity contribution in [3.63, 3.8) is 0 Å². The van der Waals surface area contributed by atoms with Crippen molar-refractivity contribution in [1.82, 2.24) is 24.5 Å². The maximum atomic E-state index is 12.6. The minimum absolute atomic E-state index is 0.115. The van der Waals surface area contributed by atoms with Gasteiger partial charge in [0.15, 0.2) is 11.2 Å². The van der Waals surface area contributed by atoms with Gasteiger partial charge in [0.1, 0.15) is 12.9 Å². The van der Waals surface area contributed by atoms with Crippen LogP contribution in [-0.4, -0.2) is 30.5 Å². The molecule has 4 aromatic rings. The third kappa shape index (κ3) is 3.32. The Morgan fingerprint density at radius 3 is 2.70 bits per heavy atom. The summed E-state index contributed by atoms with van der Waals surface area (Å²) in [6.07, 6.45) is 1.34. The van der Waals surface area contributed by atoms with E-state index in [0.29, 0.717) is 11.3 Å². The number of rotatable bonds is 4. The average Bonchev–Trinajstić information content (AvgIpc) is 3.09. The van der Waals surface area contributed by atoms with Gasteiger partial charge in [-0.15, -0.1) is 5.10 Å². The number of aromatic nitrogens is 5.